The van der Waals surface area contributed by atoms with Gasteiger partial charge in [-0.25, -0.2) is 0 Å². The van der Waals surface area contributed by atoms with Crippen LogP contribution in [-0.4, -0.2) is 11.6 Å². The van der Waals surface area contributed by atoms with Gasteiger partial charge in [-0.1, -0.05) is 25.5 Å². The number of fused-ring (bicyclic) bond motifs is 5. The number of ketones is 2. The molecule has 0 heterocycles. The van der Waals surface area contributed by atoms with Crippen molar-refractivity contribution in [1.82, 2.24) is 0 Å². The van der Waals surface area contributed by atoms with E-state index in [9.17, 15) is 9.59 Å². The van der Waals surface area contributed by atoms with Gasteiger partial charge < -0.3 is 0 Å². The number of carbonyl (C=O) groups is 2. The molecule has 3 fully saturated rings. The first kappa shape index (κ1) is 15.4. The molecular weight excluding hydrogens is 284 g/mol. The largest absolute Gasteiger partial charge is 0.300 e. The second-order valence-electron chi connectivity index (χ2n) is 8.89. The third-order valence-electron chi connectivity index (χ3n) is 8.05. The molecule has 4 aliphatic carbocycles. The Morgan fingerprint density at radius 3 is 2.65 bits per heavy atom. The van der Waals surface area contributed by atoms with Gasteiger partial charge in [0, 0.05) is 11.3 Å². The standard InChI is InChI=1S/C21H28O2/c1-13(22)17-6-7-18-16-5-4-14-12-15(23)8-10-20(14,2)19(16)9-11-21(17,18)3/h8,10,12,16-19H,4-7,9,11H2,1-3H3/t16?,17?,18?,19?,20-,21+/m0/s1. The molecule has 2 nitrogen and oxygen atoms in total. The first-order chi connectivity index (χ1) is 10.9. The average molecular weight is 312 g/mol. The molecule has 0 aromatic heterocycles. The van der Waals surface area contributed by atoms with Crippen LogP contribution in [0.5, 0.6) is 0 Å². The van der Waals surface area contributed by atoms with E-state index in [1.807, 2.05) is 6.08 Å². The minimum atomic E-state index is 0.0759. The summed E-state index contributed by atoms with van der Waals surface area (Å²) in [7, 11) is 0. The Bertz CT molecular complexity index is 628. The van der Waals surface area contributed by atoms with Gasteiger partial charge >= 0.3 is 0 Å². The van der Waals surface area contributed by atoms with Crippen molar-refractivity contribution in [3.8, 4) is 0 Å². The summed E-state index contributed by atoms with van der Waals surface area (Å²) >= 11 is 0. The van der Waals surface area contributed by atoms with E-state index < -0.39 is 0 Å². The van der Waals surface area contributed by atoms with Gasteiger partial charge in [0.05, 0.1) is 0 Å². The SMILES string of the molecule is CC(=O)C1CCC2C3CCC4=CC(=O)C=C[C@]4(C)C3CC[C@]12C. The van der Waals surface area contributed by atoms with E-state index in [0.717, 1.165) is 18.8 Å². The molecule has 4 rings (SSSR count). The molecule has 124 valence electrons. The molecule has 4 unspecified atom stereocenters. The van der Waals surface area contributed by atoms with Gasteiger partial charge in [-0.3, -0.25) is 9.59 Å². The Balaban J connectivity index is 1.68. The van der Waals surface area contributed by atoms with Crippen LogP contribution < -0.4 is 0 Å². The molecule has 0 aliphatic heterocycles. The summed E-state index contributed by atoms with van der Waals surface area (Å²) in [5.41, 5.74) is 1.65. The second-order valence-corrected chi connectivity index (χ2v) is 8.89. The van der Waals surface area contributed by atoms with Gasteiger partial charge in [0.1, 0.15) is 5.78 Å². The van der Waals surface area contributed by atoms with Crippen LogP contribution in [0.1, 0.15) is 59.3 Å². The summed E-state index contributed by atoms with van der Waals surface area (Å²) in [5.74, 6) is 2.91. The van der Waals surface area contributed by atoms with Crippen LogP contribution in [-0.2, 0) is 9.59 Å². The topological polar surface area (TPSA) is 34.1 Å². The summed E-state index contributed by atoms with van der Waals surface area (Å²) < 4.78 is 0. The van der Waals surface area contributed by atoms with Crippen molar-refractivity contribution in [3.05, 3.63) is 23.8 Å². The lowest BCUT2D eigenvalue weighted by Crippen LogP contribution is -2.50. The molecule has 0 spiro atoms. The van der Waals surface area contributed by atoms with Crippen LogP contribution in [0.15, 0.2) is 23.8 Å². The highest BCUT2D eigenvalue weighted by Gasteiger charge is 2.59. The minimum absolute atomic E-state index is 0.0759. The number of hydrogen-bond donors (Lipinski definition) is 0. The molecule has 0 aromatic rings. The fraction of sp³-hybridized carbons (Fsp3) is 0.714. The lowest BCUT2D eigenvalue weighted by atomic mass is 9.47. The Hall–Kier alpha value is -1.18. The summed E-state index contributed by atoms with van der Waals surface area (Å²) in [6, 6.07) is 0. The third-order valence-corrected chi connectivity index (χ3v) is 8.05. The quantitative estimate of drug-likeness (QED) is 0.714. The van der Waals surface area contributed by atoms with Gasteiger partial charge in [-0.2, -0.15) is 0 Å². The first-order valence-electron chi connectivity index (χ1n) is 9.31. The number of allylic oxidation sites excluding steroid dienone is 4. The molecule has 0 amide bonds. The average Bonchev–Trinajstić information content (AvgIpc) is 2.85. The zero-order valence-corrected chi connectivity index (χ0v) is 14.6. The van der Waals surface area contributed by atoms with Crippen LogP contribution in [0.25, 0.3) is 0 Å². The predicted molar refractivity (Wildman–Crippen MR) is 90.8 cm³/mol. The van der Waals surface area contributed by atoms with Gasteiger partial charge in [0.2, 0.25) is 0 Å². The fourth-order valence-corrected chi connectivity index (χ4v) is 6.87. The van der Waals surface area contributed by atoms with Crippen molar-refractivity contribution in [1.29, 1.82) is 0 Å². The molecular formula is C21H28O2. The number of hydrogen-bond acceptors (Lipinski definition) is 2. The highest BCUT2D eigenvalue weighted by atomic mass is 16.1. The molecule has 23 heavy (non-hydrogen) atoms. The number of Topliss-reactive ketones (excluding diaryl/α,β-unsaturated/α-hetero) is 1. The zero-order chi connectivity index (χ0) is 16.4. The molecule has 4 aliphatic rings. The maximum absolute atomic E-state index is 12.1. The molecule has 0 N–H and O–H groups in total. The maximum atomic E-state index is 12.1. The molecule has 6 atom stereocenters. The predicted octanol–water partition coefficient (Wildman–Crippen LogP) is 4.50. The first-order valence-corrected chi connectivity index (χ1v) is 9.31. The van der Waals surface area contributed by atoms with Gasteiger partial charge in [-0.15, -0.1) is 0 Å². The maximum Gasteiger partial charge on any atom is 0.178 e. The van der Waals surface area contributed by atoms with Crippen LogP contribution in [0, 0.1) is 34.5 Å². The van der Waals surface area contributed by atoms with E-state index in [0.29, 0.717) is 17.6 Å². The number of carbonyl (C=O) groups excluding carboxylic acids is 2. The lowest BCUT2D eigenvalue weighted by Gasteiger charge is -2.56. The van der Waals surface area contributed by atoms with Crippen molar-refractivity contribution in [2.45, 2.75) is 59.3 Å². The molecule has 0 radical (unpaired) electrons. The van der Waals surface area contributed by atoms with Crippen molar-refractivity contribution in [2.75, 3.05) is 0 Å². The van der Waals surface area contributed by atoms with Crippen molar-refractivity contribution < 1.29 is 9.59 Å². The molecule has 0 aromatic carbocycles. The normalized spacial score (nSPS) is 48.3. The third kappa shape index (κ3) is 1.99. The molecule has 3 saturated carbocycles. The summed E-state index contributed by atoms with van der Waals surface area (Å²) in [4.78, 5) is 23.9. The zero-order valence-electron chi connectivity index (χ0n) is 14.6. The van der Waals surface area contributed by atoms with Gasteiger partial charge in [-0.05, 0) is 80.8 Å². The highest BCUT2D eigenvalue weighted by molar-refractivity contribution is 6.01. The van der Waals surface area contributed by atoms with Gasteiger partial charge in [0.15, 0.2) is 5.78 Å². The van der Waals surface area contributed by atoms with E-state index in [1.54, 1.807) is 13.0 Å². The van der Waals surface area contributed by atoms with Crippen molar-refractivity contribution in [3.63, 3.8) is 0 Å². The fourth-order valence-electron chi connectivity index (χ4n) is 6.87. The molecule has 2 heteroatoms. The smallest absolute Gasteiger partial charge is 0.178 e. The van der Waals surface area contributed by atoms with E-state index in [-0.39, 0.29) is 22.5 Å². The Morgan fingerprint density at radius 2 is 1.91 bits per heavy atom. The van der Waals surface area contributed by atoms with E-state index in [4.69, 9.17) is 0 Å². The lowest BCUT2D eigenvalue weighted by molar-refractivity contribution is -0.127. The van der Waals surface area contributed by atoms with E-state index in [2.05, 4.69) is 19.9 Å². The van der Waals surface area contributed by atoms with Crippen LogP contribution in [0.3, 0.4) is 0 Å². The molecule has 0 saturated heterocycles. The number of rotatable bonds is 1. The van der Waals surface area contributed by atoms with Crippen molar-refractivity contribution in [2.24, 2.45) is 34.5 Å². The summed E-state index contributed by atoms with van der Waals surface area (Å²) in [6.45, 7) is 6.53. The summed E-state index contributed by atoms with van der Waals surface area (Å²) in [5, 5.41) is 0. The molecule has 0 bridgehead atoms. The second kappa shape index (κ2) is 4.91. The van der Waals surface area contributed by atoms with Gasteiger partial charge in [0.25, 0.3) is 0 Å². The van der Waals surface area contributed by atoms with Crippen molar-refractivity contribution >= 4 is 11.6 Å². The van der Waals surface area contributed by atoms with Crippen LogP contribution in [0.4, 0.5) is 0 Å². The van der Waals surface area contributed by atoms with Crippen LogP contribution in [0.2, 0.25) is 0 Å². The highest BCUT2D eigenvalue weighted by Crippen LogP contribution is 2.65. The van der Waals surface area contributed by atoms with E-state index in [1.165, 1.54) is 31.3 Å². The Kier molecular flexibility index (Phi) is 3.28. The van der Waals surface area contributed by atoms with Crippen LogP contribution >= 0.6 is 0 Å². The minimum Gasteiger partial charge on any atom is -0.300 e. The van der Waals surface area contributed by atoms with E-state index >= 15 is 0 Å². The Morgan fingerprint density at radius 1 is 1.13 bits per heavy atom. The Labute approximate surface area is 139 Å². The monoisotopic (exact) mass is 312 g/mol. The summed E-state index contributed by atoms with van der Waals surface area (Å²) in [6.07, 6.45) is 12.8.